The van der Waals surface area contributed by atoms with Crippen molar-refractivity contribution in [3.63, 3.8) is 0 Å². The van der Waals surface area contributed by atoms with Gasteiger partial charge < -0.3 is 21.7 Å². The molecule has 4 aromatic carbocycles. The van der Waals surface area contributed by atoms with Crippen molar-refractivity contribution in [3.8, 4) is 5.75 Å². The zero-order valence-corrected chi connectivity index (χ0v) is 24.8. The van der Waals surface area contributed by atoms with Gasteiger partial charge in [-0.1, -0.05) is 112 Å². The highest BCUT2D eigenvalue weighted by molar-refractivity contribution is 7.95. The maximum absolute atomic E-state index is 14.7. The van der Waals surface area contributed by atoms with Crippen LogP contribution in [0.4, 0.5) is 4.39 Å². The molecular weight excluding hydrogens is 554 g/mol. The molecule has 38 heavy (non-hydrogen) atoms. The maximum atomic E-state index is 14.7. The fraction of sp³-hybridized carbons (Fsp3) is 0.294. The predicted octanol–water partition coefficient (Wildman–Crippen LogP) is 5.26. The molecule has 0 N–H and O–H groups in total. The van der Waals surface area contributed by atoms with Crippen LogP contribution in [0, 0.1) is 0 Å². The summed E-state index contributed by atoms with van der Waals surface area (Å²) in [6, 6.07) is 40.8. The number of unbranched alkanes of at least 4 members (excludes halogenated alkanes) is 4. The Hall–Kier alpha value is -2.48. The van der Waals surface area contributed by atoms with Gasteiger partial charge in [0.05, 0.1) is 0 Å². The molecule has 200 valence electrons. The van der Waals surface area contributed by atoms with Crippen molar-refractivity contribution in [1.82, 2.24) is 0 Å². The van der Waals surface area contributed by atoms with E-state index in [2.05, 4.69) is 110 Å². The summed E-state index contributed by atoms with van der Waals surface area (Å²) in [5.74, 6) is 0.795. The van der Waals surface area contributed by atoms with E-state index in [4.69, 9.17) is 4.74 Å². The standard InChI is InChI=1S/C34H39FOP.BrH/c1-2-3-4-5-9-19-30(35)27-36-34-26-17-16-18-29(34)28-37(31-20-10-6-11-21-31,32-22-12-7-13-23-32)33-24-14-8-15-25-33;/h6-8,10-18,20-26,30H,2-5,9,19,27-28H2,1H3;1H/q+1;/p-1. The van der Waals surface area contributed by atoms with E-state index in [1.165, 1.54) is 35.2 Å². The van der Waals surface area contributed by atoms with Gasteiger partial charge in [0, 0.05) is 5.56 Å². The van der Waals surface area contributed by atoms with Gasteiger partial charge in [-0.05, 0) is 48.9 Å². The maximum Gasteiger partial charge on any atom is 0.134 e. The SMILES string of the molecule is CCCCCCCC(F)COc1ccccc1C[P+](c1ccccc1)(c1ccccc1)c1ccccc1.[Br-]. The highest BCUT2D eigenvalue weighted by Crippen LogP contribution is 2.58. The van der Waals surface area contributed by atoms with Gasteiger partial charge in [-0.25, -0.2) is 4.39 Å². The van der Waals surface area contributed by atoms with Gasteiger partial charge in [0.15, 0.2) is 0 Å². The molecule has 4 heteroatoms. The Bertz CT molecular complexity index is 1090. The molecule has 4 rings (SSSR count). The van der Waals surface area contributed by atoms with Crippen LogP contribution in [0.2, 0.25) is 0 Å². The number of hydrogen-bond donors (Lipinski definition) is 0. The average molecular weight is 594 g/mol. The largest absolute Gasteiger partial charge is 1.00 e. The van der Waals surface area contributed by atoms with E-state index in [1.54, 1.807) is 0 Å². The molecule has 0 saturated heterocycles. The highest BCUT2D eigenvalue weighted by atomic mass is 79.9. The van der Waals surface area contributed by atoms with Crippen molar-refractivity contribution in [2.24, 2.45) is 0 Å². The van der Waals surface area contributed by atoms with Crippen LogP contribution < -0.4 is 37.6 Å². The second-order valence-electron chi connectivity index (χ2n) is 9.69. The molecule has 0 aliphatic carbocycles. The summed E-state index contributed by atoms with van der Waals surface area (Å²) in [5, 5.41) is 3.99. The Labute approximate surface area is 239 Å². The van der Waals surface area contributed by atoms with E-state index >= 15 is 0 Å². The highest BCUT2D eigenvalue weighted by Gasteiger charge is 2.45. The summed E-state index contributed by atoms with van der Waals surface area (Å²) in [7, 11) is -2.05. The molecule has 0 aromatic heterocycles. The normalized spacial score (nSPS) is 11.9. The molecule has 1 nitrogen and oxygen atoms in total. The molecule has 0 radical (unpaired) electrons. The van der Waals surface area contributed by atoms with Crippen LogP contribution >= 0.6 is 7.26 Å². The monoisotopic (exact) mass is 592 g/mol. The summed E-state index contributed by atoms with van der Waals surface area (Å²) in [4.78, 5) is 0. The Morgan fingerprint density at radius 3 is 1.63 bits per heavy atom. The molecule has 0 fully saturated rings. The molecule has 4 aromatic rings. The van der Waals surface area contributed by atoms with E-state index in [0.29, 0.717) is 6.42 Å². The average Bonchev–Trinajstić information content (AvgIpc) is 2.96. The minimum Gasteiger partial charge on any atom is -1.00 e. The Morgan fingerprint density at radius 2 is 1.11 bits per heavy atom. The first-order valence-electron chi connectivity index (χ1n) is 13.6. The molecule has 1 atom stereocenters. The minimum atomic E-state index is -2.05. The molecule has 0 bridgehead atoms. The first kappa shape index (κ1) is 30.1. The van der Waals surface area contributed by atoms with E-state index < -0.39 is 13.4 Å². The molecule has 0 saturated carbocycles. The van der Waals surface area contributed by atoms with Crippen LogP contribution in [-0.2, 0) is 6.16 Å². The third kappa shape index (κ3) is 7.78. The quantitative estimate of drug-likeness (QED) is 0.143. The third-order valence-corrected chi connectivity index (χ3v) is 11.4. The third-order valence-electron chi connectivity index (χ3n) is 7.01. The van der Waals surface area contributed by atoms with Crippen LogP contribution in [0.25, 0.3) is 0 Å². The summed E-state index contributed by atoms with van der Waals surface area (Å²) >= 11 is 0. The second kappa shape index (κ2) is 15.8. The molecule has 0 aliphatic heterocycles. The fourth-order valence-corrected chi connectivity index (χ4v) is 9.29. The van der Waals surface area contributed by atoms with E-state index in [0.717, 1.165) is 30.3 Å². The van der Waals surface area contributed by atoms with Crippen LogP contribution in [0.1, 0.15) is 51.0 Å². The number of rotatable bonds is 14. The molecule has 0 heterocycles. The van der Waals surface area contributed by atoms with Crippen molar-refractivity contribution in [3.05, 3.63) is 121 Å². The molecule has 0 amide bonds. The Morgan fingerprint density at radius 1 is 0.632 bits per heavy atom. The smallest absolute Gasteiger partial charge is 0.134 e. The first-order valence-corrected chi connectivity index (χ1v) is 15.6. The van der Waals surface area contributed by atoms with Crippen LogP contribution in [0.15, 0.2) is 115 Å². The summed E-state index contributed by atoms with van der Waals surface area (Å²) < 4.78 is 20.9. The zero-order valence-electron chi connectivity index (χ0n) is 22.3. The zero-order chi connectivity index (χ0) is 25.8. The lowest BCUT2D eigenvalue weighted by molar-refractivity contribution is -0.00000842. The lowest BCUT2D eigenvalue weighted by atomic mass is 10.1. The van der Waals surface area contributed by atoms with Crippen molar-refractivity contribution < 1.29 is 26.1 Å². The number of ether oxygens (including phenoxy) is 1. The van der Waals surface area contributed by atoms with Gasteiger partial charge in [0.25, 0.3) is 0 Å². The van der Waals surface area contributed by atoms with E-state index in [-0.39, 0.29) is 23.6 Å². The van der Waals surface area contributed by atoms with Crippen LogP contribution in [0.3, 0.4) is 0 Å². The lowest BCUT2D eigenvalue weighted by Gasteiger charge is -2.28. The van der Waals surface area contributed by atoms with Crippen LogP contribution in [0.5, 0.6) is 5.75 Å². The number of para-hydroxylation sites is 1. The van der Waals surface area contributed by atoms with E-state index in [9.17, 15) is 4.39 Å². The summed E-state index contributed by atoms with van der Waals surface area (Å²) in [6.07, 6.45) is 6.10. The van der Waals surface area contributed by atoms with Crippen molar-refractivity contribution in [1.29, 1.82) is 0 Å². The number of alkyl halides is 1. The van der Waals surface area contributed by atoms with Gasteiger partial charge in [-0.2, -0.15) is 0 Å². The first-order chi connectivity index (χ1) is 18.2. The number of benzene rings is 4. The topological polar surface area (TPSA) is 9.23 Å². The van der Waals surface area contributed by atoms with Crippen molar-refractivity contribution in [2.75, 3.05) is 6.61 Å². The molecule has 0 aliphatic rings. The van der Waals surface area contributed by atoms with Gasteiger partial charge in [0.2, 0.25) is 0 Å². The molecule has 0 spiro atoms. The second-order valence-corrected chi connectivity index (χ2v) is 13.2. The van der Waals surface area contributed by atoms with E-state index in [1.807, 2.05) is 12.1 Å². The van der Waals surface area contributed by atoms with Gasteiger partial charge in [0.1, 0.15) is 47.9 Å². The Balaban J connectivity index is 0.00000400. The predicted molar refractivity (Wildman–Crippen MR) is 159 cm³/mol. The Kier molecular flexibility index (Phi) is 12.5. The van der Waals surface area contributed by atoms with Crippen molar-refractivity contribution >= 4 is 23.2 Å². The van der Waals surface area contributed by atoms with Gasteiger partial charge >= 0.3 is 0 Å². The number of halogens is 2. The lowest BCUT2D eigenvalue weighted by Crippen LogP contribution is -3.00. The molecule has 1 unspecified atom stereocenters. The van der Waals surface area contributed by atoms with Crippen LogP contribution in [-0.4, -0.2) is 12.8 Å². The summed E-state index contributed by atoms with van der Waals surface area (Å²) in [6.45, 7) is 2.31. The summed E-state index contributed by atoms with van der Waals surface area (Å²) in [5.41, 5.74) is 1.13. The number of hydrogen-bond acceptors (Lipinski definition) is 1. The molecular formula is C34H39BrFOP. The van der Waals surface area contributed by atoms with Crippen molar-refractivity contribution in [2.45, 2.75) is 57.8 Å². The van der Waals surface area contributed by atoms with Gasteiger partial charge in [-0.3, -0.25) is 0 Å². The van der Waals surface area contributed by atoms with Gasteiger partial charge in [-0.15, -0.1) is 0 Å². The fourth-order valence-electron chi connectivity index (χ4n) is 5.03. The minimum absolute atomic E-state index is 0.